The molecular weight excluding hydrogens is 349 g/mol. The molecule has 0 aliphatic heterocycles. The summed E-state index contributed by atoms with van der Waals surface area (Å²) in [6.45, 7) is 4.55. The van der Waals surface area contributed by atoms with Gasteiger partial charge in [-0.15, -0.1) is 4.39 Å². The highest BCUT2D eigenvalue weighted by Crippen LogP contribution is 2.30. The Morgan fingerprint density at radius 3 is 2.50 bits per heavy atom. The molecule has 0 spiro atoms. The van der Waals surface area contributed by atoms with Crippen LogP contribution in [0.5, 0.6) is 0 Å². The van der Waals surface area contributed by atoms with Crippen LogP contribution in [0.2, 0.25) is 5.02 Å². The largest absolute Gasteiger partial charge is 0.265 e. The molecular formula is C21H15ClFN3. The van der Waals surface area contributed by atoms with Gasteiger partial charge < -0.3 is 0 Å². The van der Waals surface area contributed by atoms with E-state index < -0.39 is 0 Å². The lowest BCUT2D eigenvalue weighted by molar-refractivity contribution is 0.659. The molecule has 3 nitrogen and oxygen atoms in total. The fourth-order valence-electron chi connectivity index (χ4n) is 2.95. The van der Waals surface area contributed by atoms with E-state index in [2.05, 4.69) is 17.1 Å². The fraction of sp³-hybridized carbons (Fsp3) is 0.143. The van der Waals surface area contributed by atoms with Gasteiger partial charge >= 0.3 is 0 Å². The highest BCUT2D eigenvalue weighted by atomic mass is 35.5. The molecule has 26 heavy (non-hydrogen) atoms. The van der Waals surface area contributed by atoms with E-state index in [-0.39, 0.29) is 0 Å². The molecule has 0 bridgehead atoms. The molecule has 0 aliphatic carbocycles. The zero-order valence-electron chi connectivity index (χ0n) is 14.3. The minimum atomic E-state index is 0.432. The van der Waals surface area contributed by atoms with Crippen molar-refractivity contribution in [3.63, 3.8) is 0 Å². The first-order valence-corrected chi connectivity index (χ1v) is 8.36. The summed E-state index contributed by atoms with van der Waals surface area (Å²) in [6.07, 6.45) is 1.41. The quantitative estimate of drug-likeness (QED) is 0.613. The van der Waals surface area contributed by atoms with Gasteiger partial charge in [-0.05, 0) is 55.2 Å². The van der Waals surface area contributed by atoms with Crippen LogP contribution in [0.3, 0.4) is 0 Å². The van der Waals surface area contributed by atoms with Gasteiger partial charge in [-0.1, -0.05) is 29.8 Å². The number of halogens is 2. The minimum Gasteiger partial charge on any atom is -0.265 e. The van der Waals surface area contributed by atoms with Gasteiger partial charge in [0.1, 0.15) is 12.2 Å². The average molecular weight is 364 g/mol. The predicted molar refractivity (Wildman–Crippen MR) is 100 cm³/mol. The first kappa shape index (κ1) is 17.7. The first-order chi connectivity index (χ1) is 12.5. The van der Waals surface area contributed by atoms with Crippen molar-refractivity contribution < 1.29 is 4.39 Å². The second kappa shape index (κ2) is 7.44. The normalized spacial score (nSPS) is 10.1. The summed E-state index contributed by atoms with van der Waals surface area (Å²) in [7, 11) is 0. The van der Waals surface area contributed by atoms with Crippen molar-refractivity contribution in [3.05, 3.63) is 75.6 Å². The Kier molecular flexibility index (Phi) is 5.07. The van der Waals surface area contributed by atoms with Gasteiger partial charge in [0.2, 0.25) is 0 Å². The maximum Gasteiger partial charge on any atom is 0.111 e. The number of nitriles is 1. The number of rotatable bonds is 3. The number of benzene rings is 2. The maximum atomic E-state index is 12.1. The van der Waals surface area contributed by atoms with Crippen molar-refractivity contribution in [1.29, 1.82) is 5.26 Å². The summed E-state index contributed by atoms with van der Waals surface area (Å²) in [5.41, 5.74) is 5.98. The number of aromatic nitrogens is 2. The van der Waals surface area contributed by atoms with E-state index in [9.17, 15) is 4.39 Å². The van der Waals surface area contributed by atoms with E-state index >= 15 is 0 Å². The second-order valence-corrected chi connectivity index (χ2v) is 6.33. The summed E-state index contributed by atoms with van der Waals surface area (Å²) in [5.74, 6) is 2.38. The highest BCUT2D eigenvalue weighted by Gasteiger charge is 2.15. The van der Waals surface area contributed by atoms with E-state index in [4.69, 9.17) is 16.9 Å². The van der Waals surface area contributed by atoms with Crippen LogP contribution in [0.25, 0.3) is 11.1 Å². The van der Waals surface area contributed by atoms with Gasteiger partial charge in [0, 0.05) is 16.8 Å². The smallest absolute Gasteiger partial charge is 0.111 e. The molecule has 128 valence electrons. The number of hydrogen-bond acceptors (Lipinski definition) is 2. The lowest BCUT2D eigenvalue weighted by atomic mass is 10.0. The SMILES string of the molecule is Cc1nn(Cc2ccc(C#CF)cc2)c(C)c1-c1ccc(C#N)c(Cl)c1. The second-order valence-electron chi connectivity index (χ2n) is 5.93. The summed E-state index contributed by atoms with van der Waals surface area (Å²) in [5, 5.41) is 14.1. The third-order valence-corrected chi connectivity index (χ3v) is 4.55. The molecule has 1 aromatic heterocycles. The maximum absolute atomic E-state index is 12.1. The van der Waals surface area contributed by atoms with Crippen LogP contribution < -0.4 is 0 Å². The Hall–Kier alpha value is -3.08. The summed E-state index contributed by atoms with van der Waals surface area (Å²) in [6, 6.07) is 14.9. The van der Waals surface area contributed by atoms with Crippen LogP contribution in [0.4, 0.5) is 4.39 Å². The molecule has 1 heterocycles. The van der Waals surface area contributed by atoms with Crippen LogP contribution in [0.1, 0.15) is 28.1 Å². The molecule has 0 aliphatic rings. The minimum absolute atomic E-state index is 0.432. The third kappa shape index (κ3) is 3.47. The van der Waals surface area contributed by atoms with E-state index in [1.165, 1.54) is 6.17 Å². The molecule has 0 amide bonds. The number of hydrogen-bond donors (Lipinski definition) is 0. The van der Waals surface area contributed by atoms with Crippen molar-refractivity contribution in [2.45, 2.75) is 20.4 Å². The van der Waals surface area contributed by atoms with Gasteiger partial charge in [0.05, 0.1) is 22.8 Å². The Morgan fingerprint density at radius 1 is 1.15 bits per heavy atom. The fourth-order valence-corrected chi connectivity index (χ4v) is 3.17. The standard InChI is InChI=1S/C21H15ClFN3/c1-14-21(18-7-8-19(12-24)20(22)11-18)15(2)26(25-14)13-17-5-3-16(4-6-17)9-10-23/h3-8,11H,13H2,1-2H3. The molecule has 2 aromatic carbocycles. The summed E-state index contributed by atoms with van der Waals surface area (Å²) in [4.78, 5) is 0. The Balaban J connectivity index is 1.94. The van der Waals surface area contributed by atoms with E-state index in [1.807, 2.05) is 36.7 Å². The van der Waals surface area contributed by atoms with Gasteiger partial charge in [0.15, 0.2) is 0 Å². The van der Waals surface area contributed by atoms with Crippen LogP contribution in [-0.2, 0) is 6.54 Å². The molecule has 0 atom stereocenters. The van der Waals surface area contributed by atoms with Gasteiger partial charge in [0.25, 0.3) is 0 Å². The lowest BCUT2D eigenvalue weighted by Crippen LogP contribution is -2.04. The molecule has 0 unspecified atom stereocenters. The van der Waals surface area contributed by atoms with Crippen molar-refractivity contribution in [1.82, 2.24) is 9.78 Å². The molecule has 0 saturated heterocycles. The Labute approximate surface area is 156 Å². The zero-order chi connectivity index (χ0) is 18.7. The molecule has 0 radical (unpaired) electrons. The predicted octanol–water partition coefficient (Wildman–Crippen LogP) is 5.02. The molecule has 3 rings (SSSR count). The van der Waals surface area contributed by atoms with E-state index in [0.29, 0.717) is 22.7 Å². The van der Waals surface area contributed by atoms with Gasteiger partial charge in [-0.2, -0.15) is 10.4 Å². The average Bonchev–Trinajstić information content (AvgIpc) is 2.90. The topological polar surface area (TPSA) is 41.6 Å². The van der Waals surface area contributed by atoms with Crippen LogP contribution >= 0.6 is 11.6 Å². The summed E-state index contributed by atoms with van der Waals surface area (Å²) >= 11 is 6.17. The van der Waals surface area contributed by atoms with Crippen molar-refractivity contribution in [2.24, 2.45) is 0 Å². The number of nitrogens with zero attached hydrogens (tertiary/aromatic N) is 3. The summed E-state index contributed by atoms with van der Waals surface area (Å²) < 4.78 is 14.0. The highest BCUT2D eigenvalue weighted by molar-refractivity contribution is 6.32. The van der Waals surface area contributed by atoms with Crippen LogP contribution in [-0.4, -0.2) is 9.78 Å². The lowest BCUT2D eigenvalue weighted by Gasteiger charge is -2.07. The van der Waals surface area contributed by atoms with Crippen molar-refractivity contribution in [3.8, 4) is 29.3 Å². The first-order valence-electron chi connectivity index (χ1n) is 7.98. The molecule has 5 heteroatoms. The van der Waals surface area contributed by atoms with Gasteiger partial charge in [-0.25, -0.2) is 0 Å². The zero-order valence-corrected chi connectivity index (χ0v) is 15.1. The molecule has 3 aromatic rings. The molecule has 0 N–H and O–H groups in total. The molecule has 0 fully saturated rings. The van der Waals surface area contributed by atoms with Crippen molar-refractivity contribution >= 4 is 11.6 Å². The molecule has 0 saturated carbocycles. The monoisotopic (exact) mass is 363 g/mol. The Bertz CT molecular complexity index is 1060. The van der Waals surface area contributed by atoms with Gasteiger partial charge in [-0.3, -0.25) is 4.68 Å². The number of aryl methyl sites for hydroxylation is 1. The third-order valence-electron chi connectivity index (χ3n) is 4.24. The Morgan fingerprint density at radius 2 is 1.88 bits per heavy atom. The van der Waals surface area contributed by atoms with E-state index in [1.54, 1.807) is 24.3 Å². The van der Waals surface area contributed by atoms with Crippen LogP contribution in [0.15, 0.2) is 42.5 Å². The van der Waals surface area contributed by atoms with Crippen LogP contribution in [0, 0.1) is 37.3 Å². The van der Waals surface area contributed by atoms with Crippen molar-refractivity contribution in [2.75, 3.05) is 0 Å². The van der Waals surface area contributed by atoms with E-state index in [0.717, 1.165) is 28.1 Å².